The molecule has 2 nitrogen and oxygen atoms in total. The van der Waals surface area contributed by atoms with Crippen molar-refractivity contribution in [3.05, 3.63) is 35.4 Å². The molecule has 1 atom stereocenters. The summed E-state index contributed by atoms with van der Waals surface area (Å²) in [7, 11) is 5.73. The summed E-state index contributed by atoms with van der Waals surface area (Å²) in [6.45, 7) is 4.10. The van der Waals surface area contributed by atoms with E-state index in [0.717, 1.165) is 0 Å². The van der Waals surface area contributed by atoms with Gasteiger partial charge >= 0.3 is 0 Å². The molecule has 0 spiro atoms. The highest BCUT2D eigenvalue weighted by Gasteiger charge is 2.31. The average Bonchev–Trinajstić information content (AvgIpc) is 2.28. The van der Waals surface area contributed by atoms with Gasteiger partial charge in [-0.3, -0.25) is 0 Å². The van der Waals surface area contributed by atoms with E-state index >= 15 is 0 Å². The average molecular weight is 256 g/mol. The molecule has 1 N–H and O–H groups in total. The van der Waals surface area contributed by atoms with Crippen LogP contribution in [-0.4, -0.2) is 37.6 Å². The number of hydrogen-bond donors (Lipinski definition) is 1. The maximum Gasteiger partial charge on any atom is 0.129 e. The van der Waals surface area contributed by atoms with Gasteiger partial charge < -0.3 is 10.2 Å². The van der Waals surface area contributed by atoms with Crippen LogP contribution in [0, 0.1) is 11.6 Å². The molecule has 0 aliphatic heterocycles. The molecular weight excluding hydrogens is 234 g/mol. The summed E-state index contributed by atoms with van der Waals surface area (Å²) in [4.78, 5) is 2.05. The van der Waals surface area contributed by atoms with Crippen molar-refractivity contribution >= 4 is 0 Å². The number of benzene rings is 1. The Morgan fingerprint density at radius 3 is 2.11 bits per heavy atom. The normalized spacial score (nSPS) is 14.0. The Morgan fingerprint density at radius 1 is 1.22 bits per heavy atom. The maximum atomic E-state index is 13.7. The number of hydrogen-bond acceptors (Lipinski definition) is 2. The summed E-state index contributed by atoms with van der Waals surface area (Å²) >= 11 is 0. The zero-order valence-electron chi connectivity index (χ0n) is 11.7. The molecule has 0 saturated heterocycles. The monoisotopic (exact) mass is 256 g/mol. The molecule has 0 aromatic heterocycles. The molecule has 0 heterocycles. The fourth-order valence-electron chi connectivity index (χ4n) is 1.95. The Hall–Kier alpha value is -1.00. The SMILES string of the molecule is CNC(Cc1c(F)cccc1F)C(C)(C)N(C)C. The molecule has 4 heteroatoms. The van der Waals surface area contributed by atoms with E-state index in [1.165, 1.54) is 18.2 Å². The van der Waals surface area contributed by atoms with Gasteiger partial charge in [-0.1, -0.05) is 6.07 Å². The summed E-state index contributed by atoms with van der Waals surface area (Å²) in [5, 5.41) is 3.15. The third-order valence-electron chi connectivity index (χ3n) is 3.82. The van der Waals surface area contributed by atoms with E-state index in [1.54, 1.807) is 0 Å². The Balaban J connectivity index is 3.00. The number of nitrogens with zero attached hydrogens (tertiary/aromatic N) is 1. The fraction of sp³-hybridized carbons (Fsp3) is 0.571. The summed E-state index contributed by atoms with van der Waals surface area (Å²) < 4.78 is 27.3. The van der Waals surface area contributed by atoms with Gasteiger partial charge in [0, 0.05) is 17.1 Å². The van der Waals surface area contributed by atoms with Gasteiger partial charge in [-0.25, -0.2) is 8.78 Å². The number of likely N-dealkylation sites (N-methyl/N-ethyl adjacent to an activating group) is 2. The summed E-state index contributed by atoms with van der Waals surface area (Å²) in [6.07, 6.45) is 0.320. The van der Waals surface area contributed by atoms with Crippen LogP contribution in [0.3, 0.4) is 0 Å². The van der Waals surface area contributed by atoms with Gasteiger partial charge in [0.2, 0.25) is 0 Å². The van der Waals surface area contributed by atoms with Crippen molar-refractivity contribution in [3.63, 3.8) is 0 Å². The van der Waals surface area contributed by atoms with Crippen LogP contribution in [-0.2, 0) is 6.42 Å². The molecule has 0 radical (unpaired) electrons. The smallest absolute Gasteiger partial charge is 0.129 e. The Morgan fingerprint density at radius 2 is 1.72 bits per heavy atom. The predicted molar refractivity (Wildman–Crippen MR) is 70.7 cm³/mol. The highest BCUT2D eigenvalue weighted by molar-refractivity contribution is 5.21. The second-order valence-electron chi connectivity index (χ2n) is 5.29. The van der Waals surface area contributed by atoms with Crippen LogP contribution in [0.1, 0.15) is 19.4 Å². The van der Waals surface area contributed by atoms with Gasteiger partial charge in [-0.05, 0) is 53.5 Å². The largest absolute Gasteiger partial charge is 0.315 e. The van der Waals surface area contributed by atoms with Gasteiger partial charge in [0.15, 0.2) is 0 Å². The zero-order chi connectivity index (χ0) is 13.9. The molecule has 102 valence electrons. The molecule has 0 saturated carbocycles. The van der Waals surface area contributed by atoms with Crippen LogP contribution < -0.4 is 5.32 Å². The van der Waals surface area contributed by atoms with Gasteiger partial charge in [0.1, 0.15) is 11.6 Å². The molecule has 1 aromatic rings. The summed E-state index contributed by atoms with van der Waals surface area (Å²) in [5.74, 6) is -0.963. The van der Waals surface area contributed by atoms with E-state index in [-0.39, 0.29) is 17.1 Å². The number of nitrogens with one attached hydrogen (secondary N) is 1. The first-order valence-electron chi connectivity index (χ1n) is 6.08. The molecule has 0 fully saturated rings. The lowest BCUT2D eigenvalue weighted by Crippen LogP contribution is -2.55. The van der Waals surface area contributed by atoms with Crippen LogP contribution in [0.25, 0.3) is 0 Å². The molecule has 1 unspecified atom stereocenters. The van der Waals surface area contributed by atoms with E-state index in [9.17, 15) is 8.78 Å². The van der Waals surface area contributed by atoms with E-state index in [2.05, 4.69) is 5.32 Å². The van der Waals surface area contributed by atoms with Crippen molar-refractivity contribution in [1.29, 1.82) is 0 Å². The fourth-order valence-corrected chi connectivity index (χ4v) is 1.95. The minimum Gasteiger partial charge on any atom is -0.315 e. The van der Waals surface area contributed by atoms with Crippen molar-refractivity contribution in [1.82, 2.24) is 10.2 Å². The summed E-state index contributed by atoms with van der Waals surface area (Å²) in [6, 6.07) is 3.94. The highest BCUT2D eigenvalue weighted by Crippen LogP contribution is 2.22. The second-order valence-corrected chi connectivity index (χ2v) is 5.29. The minimum atomic E-state index is -0.482. The van der Waals surface area contributed by atoms with Crippen LogP contribution in [0.15, 0.2) is 18.2 Å². The maximum absolute atomic E-state index is 13.7. The quantitative estimate of drug-likeness (QED) is 0.870. The topological polar surface area (TPSA) is 15.3 Å². The van der Waals surface area contributed by atoms with Crippen LogP contribution >= 0.6 is 0 Å². The first kappa shape index (κ1) is 15.1. The first-order chi connectivity index (χ1) is 8.30. The molecule has 0 amide bonds. The second kappa shape index (κ2) is 5.76. The Bertz CT molecular complexity index is 383. The third-order valence-corrected chi connectivity index (χ3v) is 3.82. The Labute approximate surface area is 108 Å². The minimum absolute atomic E-state index is 0.0427. The van der Waals surface area contributed by atoms with Crippen molar-refractivity contribution in [3.8, 4) is 0 Å². The lowest BCUT2D eigenvalue weighted by atomic mass is 9.88. The molecule has 18 heavy (non-hydrogen) atoms. The lowest BCUT2D eigenvalue weighted by molar-refractivity contribution is 0.140. The molecule has 0 aliphatic carbocycles. The number of rotatable bonds is 5. The van der Waals surface area contributed by atoms with Gasteiger partial charge in [-0.15, -0.1) is 0 Å². The van der Waals surface area contributed by atoms with E-state index < -0.39 is 11.6 Å². The van der Waals surface area contributed by atoms with Crippen LogP contribution in [0.5, 0.6) is 0 Å². The highest BCUT2D eigenvalue weighted by atomic mass is 19.1. The van der Waals surface area contributed by atoms with Gasteiger partial charge in [-0.2, -0.15) is 0 Å². The molecule has 0 aliphatic rings. The van der Waals surface area contributed by atoms with Crippen LogP contribution in [0.4, 0.5) is 8.78 Å². The van der Waals surface area contributed by atoms with Crippen LogP contribution in [0.2, 0.25) is 0 Å². The first-order valence-corrected chi connectivity index (χ1v) is 6.08. The van der Waals surface area contributed by atoms with Crippen molar-refractivity contribution in [2.24, 2.45) is 0 Å². The Kier molecular flexibility index (Phi) is 4.82. The molecule has 0 bridgehead atoms. The van der Waals surface area contributed by atoms with E-state index in [1.807, 2.05) is 39.9 Å². The lowest BCUT2D eigenvalue weighted by Gasteiger charge is -2.40. The van der Waals surface area contributed by atoms with Gasteiger partial charge in [0.05, 0.1) is 0 Å². The number of halogens is 2. The molecule has 1 rings (SSSR count). The van der Waals surface area contributed by atoms with Crippen molar-refractivity contribution < 1.29 is 8.78 Å². The zero-order valence-corrected chi connectivity index (χ0v) is 11.7. The van der Waals surface area contributed by atoms with E-state index in [0.29, 0.717) is 6.42 Å². The standard InChI is InChI=1S/C14H22F2N2/c1-14(2,18(4)5)13(17-3)9-10-11(15)7-6-8-12(10)16/h6-8,13,17H,9H2,1-5H3. The van der Waals surface area contributed by atoms with Gasteiger partial charge in [0.25, 0.3) is 0 Å². The third kappa shape index (κ3) is 3.06. The summed E-state index contributed by atoms with van der Waals surface area (Å²) in [5.41, 5.74) is -0.0597. The predicted octanol–water partition coefficient (Wildman–Crippen LogP) is 2.44. The van der Waals surface area contributed by atoms with E-state index in [4.69, 9.17) is 0 Å². The van der Waals surface area contributed by atoms with Crippen molar-refractivity contribution in [2.75, 3.05) is 21.1 Å². The van der Waals surface area contributed by atoms with Crippen molar-refractivity contribution in [2.45, 2.75) is 31.8 Å². The molecule has 1 aromatic carbocycles. The molecular formula is C14H22F2N2.